The maximum atomic E-state index is 12.8. The van der Waals surface area contributed by atoms with Crippen LogP contribution in [0.1, 0.15) is 42.4 Å². The monoisotopic (exact) mass is 381 g/mol. The first-order chi connectivity index (χ1) is 13.2. The van der Waals surface area contributed by atoms with Crippen molar-refractivity contribution in [1.29, 1.82) is 0 Å². The van der Waals surface area contributed by atoms with Gasteiger partial charge in [-0.15, -0.1) is 0 Å². The number of amides is 1. The van der Waals surface area contributed by atoms with Gasteiger partial charge in [0.15, 0.2) is 5.82 Å². The maximum Gasteiger partial charge on any atom is 0.240 e. The largest absolute Gasteiger partial charge is 0.344 e. The summed E-state index contributed by atoms with van der Waals surface area (Å²) in [5.41, 5.74) is 3.12. The third-order valence-corrected chi connectivity index (χ3v) is 4.75. The molecule has 1 aromatic carbocycles. The van der Waals surface area contributed by atoms with E-state index in [1.165, 1.54) is 0 Å². The number of rotatable bonds is 6. The van der Waals surface area contributed by atoms with Gasteiger partial charge in [-0.3, -0.25) is 9.78 Å². The second-order valence-electron chi connectivity index (χ2n) is 7.92. The second kappa shape index (κ2) is 7.67. The van der Waals surface area contributed by atoms with Crippen molar-refractivity contribution < 1.29 is 9.32 Å². The van der Waals surface area contributed by atoms with Crippen LogP contribution in [0.25, 0.3) is 10.9 Å². The van der Waals surface area contributed by atoms with Gasteiger partial charge in [0.2, 0.25) is 11.8 Å². The van der Waals surface area contributed by atoms with Gasteiger partial charge in [-0.25, -0.2) is 0 Å². The molecule has 0 aliphatic carbocycles. The molecule has 0 spiro atoms. The predicted octanol–water partition coefficient (Wildman–Crippen LogP) is 2.89. The molecule has 0 bridgehead atoms. The third kappa shape index (κ3) is 4.20. The predicted molar refractivity (Wildman–Crippen MR) is 108 cm³/mol. The summed E-state index contributed by atoms with van der Waals surface area (Å²) in [4.78, 5) is 23.8. The normalized spacial score (nSPS) is 12.0. The van der Waals surface area contributed by atoms with Crippen LogP contribution in [0.3, 0.4) is 0 Å². The summed E-state index contributed by atoms with van der Waals surface area (Å²) < 4.78 is 5.28. The first-order valence-electron chi connectivity index (χ1n) is 9.31. The smallest absolute Gasteiger partial charge is 0.240 e. The number of fused-ring (bicyclic) bond motifs is 1. The summed E-state index contributed by atoms with van der Waals surface area (Å²) in [5.74, 6) is 0.878. The van der Waals surface area contributed by atoms with E-state index >= 15 is 0 Å². The number of hydrogen-bond acceptors (Lipinski definition) is 6. The van der Waals surface area contributed by atoms with E-state index in [1.807, 2.05) is 71.0 Å². The van der Waals surface area contributed by atoms with E-state index in [1.54, 1.807) is 0 Å². The molecule has 0 aliphatic rings. The highest BCUT2D eigenvalue weighted by atomic mass is 16.5. The van der Waals surface area contributed by atoms with Crippen molar-refractivity contribution in [2.45, 2.75) is 46.2 Å². The fourth-order valence-electron chi connectivity index (χ4n) is 3.28. The van der Waals surface area contributed by atoms with Crippen molar-refractivity contribution in [3.05, 3.63) is 52.8 Å². The summed E-state index contributed by atoms with van der Waals surface area (Å²) in [6, 6.07) is 7.98. The SMILES string of the molecule is Cc1nc2ccccc2c(C)c1CC(=O)NC(C)(C)c1noc(CN(C)C)n1. The van der Waals surface area contributed by atoms with Crippen LogP contribution in [0.4, 0.5) is 0 Å². The minimum atomic E-state index is -0.739. The molecule has 0 unspecified atom stereocenters. The molecule has 0 radical (unpaired) electrons. The number of nitrogens with zero attached hydrogens (tertiary/aromatic N) is 4. The van der Waals surface area contributed by atoms with E-state index in [0.717, 1.165) is 27.7 Å². The molecule has 7 nitrogen and oxygen atoms in total. The molecule has 3 aromatic rings. The van der Waals surface area contributed by atoms with Gasteiger partial charge in [-0.05, 0) is 59.0 Å². The van der Waals surface area contributed by atoms with Gasteiger partial charge in [0.1, 0.15) is 0 Å². The van der Waals surface area contributed by atoms with Crippen LogP contribution in [0.15, 0.2) is 28.8 Å². The molecule has 148 valence electrons. The number of carbonyl (C=O) groups excluding carboxylic acids is 1. The molecular weight excluding hydrogens is 354 g/mol. The van der Waals surface area contributed by atoms with Gasteiger partial charge in [-0.1, -0.05) is 23.4 Å². The number of carbonyl (C=O) groups is 1. The minimum Gasteiger partial charge on any atom is -0.344 e. The Hall–Kier alpha value is -2.80. The number of aryl methyl sites for hydroxylation is 2. The van der Waals surface area contributed by atoms with Crippen LogP contribution in [0.2, 0.25) is 0 Å². The van der Waals surface area contributed by atoms with Crippen molar-refractivity contribution in [2.75, 3.05) is 14.1 Å². The minimum absolute atomic E-state index is 0.104. The van der Waals surface area contributed by atoms with Gasteiger partial charge in [0.25, 0.3) is 0 Å². The number of pyridine rings is 1. The van der Waals surface area contributed by atoms with E-state index in [4.69, 9.17) is 4.52 Å². The molecule has 2 aromatic heterocycles. The fourth-order valence-corrected chi connectivity index (χ4v) is 3.28. The van der Waals surface area contributed by atoms with Crippen molar-refractivity contribution in [3.63, 3.8) is 0 Å². The number of hydrogen-bond donors (Lipinski definition) is 1. The van der Waals surface area contributed by atoms with Crippen molar-refractivity contribution >= 4 is 16.8 Å². The lowest BCUT2D eigenvalue weighted by Crippen LogP contribution is -2.42. The van der Waals surface area contributed by atoms with Crippen molar-refractivity contribution in [3.8, 4) is 0 Å². The van der Waals surface area contributed by atoms with Crippen molar-refractivity contribution in [1.82, 2.24) is 25.3 Å². The number of para-hydroxylation sites is 1. The Morgan fingerprint density at radius 3 is 2.61 bits per heavy atom. The van der Waals surface area contributed by atoms with Crippen LogP contribution >= 0.6 is 0 Å². The fraction of sp³-hybridized carbons (Fsp3) is 0.429. The Kier molecular flexibility index (Phi) is 5.47. The Labute approximate surface area is 165 Å². The highest BCUT2D eigenvalue weighted by Gasteiger charge is 2.29. The molecule has 3 rings (SSSR count). The number of aromatic nitrogens is 3. The van der Waals surface area contributed by atoms with E-state index in [0.29, 0.717) is 18.3 Å². The molecular formula is C21H27N5O2. The molecule has 0 fully saturated rings. The lowest BCUT2D eigenvalue weighted by Gasteiger charge is -2.23. The van der Waals surface area contributed by atoms with Gasteiger partial charge >= 0.3 is 0 Å². The zero-order chi connectivity index (χ0) is 20.5. The highest BCUT2D eigenvalue weighted by molar-refractivity contribution is 5.86. The summed E-state index contributed by atoms with van der Waals surface area (Å²) >= 11 is 0. The van der Waals surface area contributed by atoms with E-state index in [2.05, 4.69) is 20.4 Å². The number of nitrogens with one attached hydrogen (secondary N) is 1. The molecule has 2 heterocycles. The summed E-state index contributed by atoms with van der Waals surface area (Å²) in [6.07, 6.45) is 0.251. The molecule has 0 atom stereocenters. The molecule has 0 saturated heterocycles. The summed E-state index contributed by atoms with van der Waals surface area (Å²) in [5, 5.41) is 8.13. The molecule has 1 amide bonds. The first kappa shape index (κ1) is 19.9. The topological polar surface area (TPSA) is 84.2 Å². The molecule has 28 heavy (non-hydrogen) atoms. The van der Waals surface area contributed by atoms with E-state index in [-0.39, 0.29) is 12.3 Å². The first-order valence-corrected chi connectivity index (χ1v) is 9.31. The molecule has 1 N–H and O–H groups in total. The Bertz CT molecular complexity index is 1010. The molecule has 0 aliphatic heterocycles. The van der Waals surface area contributed by atoms with Crippen LogP contribution in [0, 0.1) is 13.8 Å². The maximum absolute atomic E-state index is 12.8. The van der Waals surface area contributed by atoms with Crippen LogP contribution in [-0.2, 0) is 23.3 Å². The molecule has 7 heteroatoms. The quantitative estimate of drug-likeness (QED) is 0.707. The Morgan fingerprint density at radius 1 is 1.18 bits per heavy atom. The standard InChI is InChI=1S/C21H27N5O2/c1-13-15-9-7-8-10-17(15)22-14(2)16(13)11-18(27)24-21(3,4)20-23-19(28-25-20)12-26(5)6/h7-10H,11-12H2,1-6H3,(H,24,27). The summed E-state index contributed by atoms with van der Waals surface area (Å²) in [6.45, 7) is 8.27. The third-order valence-electron chi connectivity index (χ3n) is 4.75. The van der Waals surface area contributed by atoms with Gasteiger partial charge in [-0.2, -0.15) is 4.98 Å². The Balaban J connectivity index is 1.78. The van der Waals surface area contributed by atoms with Crippen LogP contribution < -0.4 is 5.32 Å². The zero-order valence-electron chi connectivity index (χ0n) is 17.3. The van der Waals surface area contributed by atoms with Gasteiger partial charge in [0, 0.05) is 11.1 Å². The van der Waals surface area contributed by atoms with Crippen LogP contribution in [0.5, 0.6) is 0 Å². The average molecular weight is 381 g/mol. The van der Waals surface area contributed by atoms with Crippen molar-refractivity contribution in [2.24, 2.45) is 0 Å². The van der Waals surface area contributed by atoms with Crippen LogP contribution in [-0.4, -0.2) is 40.0 Å². The molecule has 0 saturated carbocycles. The number of benzene rings is 1. The second-order valence-corrected chi connectivity index (χ2v) is 7.92. The zero-order valence-corrected chi connectivity index (χ0v) is 17.3. The highest BCUT2D eigenvalue weighted by Crippen LogP contribution is 2.24. The summed E-state index contributed by atoms with van der Waals surface area (Å²) in [7, 11) is 3.86. The lowest BCUT2D eigenvalue weighted by atomic mass is 9.98. The van der Waals surface area contributed by atoms with E-state index in [9.17, 15) is 4.79 Å². The van der Waals surface area contributed by atoms with Gasteiger partial charge in [0.05, 0.1) is 24.0 Å². The van der Waals surface area contributed by atoms with E-state index < -0.39 is 5.54 Å². The average Bonchev–Trinajstić information content (AvgIpc) is 3.07. The Morgan fingerprint density at radius 2 is 1.89 bits per heavy atom. The lowest BCUT2D eigenvalue weighted by molar-refractivity contribution is -0.122. The van der Waals surface area contributed by atoms with Gasteiger partial charge < -0.3 is 14.7 Å².